The number of carbonyl (C=O) groups is 1. The topological polar surface area (TPSA) is 48.7 Å². The van der Waals surface area contributed by atoms with Gasteiger partial charge in [0, 0.05) is 48.0 Å². The summed E-state index contributed by atoms with van der Waals surface area (Å²) in [6.45, 7) is 4.24. The van der Waals surface area contributed by atoms with E-state index in [-0.39, 0.29) is 5.78 Å². The van der Waals surface area contributed by atoms with E-state index in [1.165, 1.54) is 27.8 Å². The molecule has 5 heteroatoms. The smallest absolute Gasteiger partial charge is 0.159 e. The number of Topliss-reactive ketones (excluding diaryl/α,β-unsaturated/α-hetero) is 1. The zero-order valence-electron chi connectivity index (χ0n) is 21.7. The number of ketones is 1. The maximum absolute atomic E-state index is 12.1. The maximum atomic E-state index is 12.1. The molecule has 6 rings (SSSR count). The third-order valence-corrected chi connectivity index (χ3v) is 7.78. The summed E-state index contributed by atoms with van der Waals surface area (Å²) in [6, 6.07) is 27.2. The number of para-hydroxylation sites is 2. The Morgan fingerprint density at radius 3 is 2.38 bits per heavy atom. The van der Waals surface area contributed by atoms with Crippen LogP contribution >= 0.6 is 0 Å². The van der Waals surface area contributed by atoms with Gasteiger partial charge in [0.1, 0.15) is 0 Å². The van der Waals surface area contributed by atoms with Gasteiger partial charge in [-0.3, -0.25) is 4.79 Å². The molecule has 0 amide bonds. The van der Waals surface area contributed by atoms with Crippen molar-refractivity contribution in [3.8, 4) is 0 Å². The highest BCUT2D eigenvalue weighted by Gasteiger charge is 2.27. The SMILES string of the molecule is CC(=O)c1ccc2c(c1)c1ccccc1n2CCc1cccc2c1N(C)c1cc(C(C)O)ccc1N2C. The highest BCUT2D eigenvalue weighted by molar-refractivity contribution is 6.10. The van der Waals surface area contributed by atoms with Gasteiger partial charge in [0.05, 0.1) is 28.9 Å². The van der Waals surface area contributed by atoms with Crippen LogP contribution in [0.25, 0.3) is 21.8 Å². The van der Waals surface area contributed by atoms with E-state index in [1.807, 2.05) is 18.2 Å². The first-order valence-electron chi connectivity index (χ1n) is 12.8. The average Bonchev–Trinajstić information content (AvgIpc) is 3.22. The van der Waals surface area contributed by atoms with Crippen LogP contribution in [0.15, 0.2) is 78.9 Å². The molecule has 1 aromatic heterocycles. The molecule has 0 saturated heterocycles. The number of nitrogens with zero attached hydrogens (tertiary/aromatic N) is 3. The molecule has 5 aromatic rings. The predicted octanol–water partition coefficient (Wildman–Crippen LogP) is 7.14. The Morgan fingerprint density at radius 1 is 0.811 bits per heavy atom. The molecule has 0 radical (unpaired) electrons. The fraction of sp³-hybridized carbons (Fsp3) is 0.219. The Bertz CT molecular complexity index is 1680. The second-order valence-electron chi connectivity index (χ2n) is 10.0. The highest BCUT2D eigenvalue weighted by atomic mass is 16.3. The normalized spacial score (nSPS) is 13.6. The summed E-state index contributed by atoms with van der Waals surface area (Å²) in [6.07, 6.45) is 0.342. The Hall–Kier alpha value is -4.09. The number of fused-ring (bicyclic) bond motifs is 5. The van der Waals surface area contributed by atoms with E-state index >= 15 is 0 Å². The fourth-order valence-electron chi connectivity index (χ4n) is 5.79. The average molecular weight is 490 g/mol. The molecule has 0 saturated carbocycles. The second-order valence-corrected chi connectivity index (χ2v) is 10.0. The van der Waals surface area contributed by atoms with Gasteiger partial charge in [0.15, 0.2) is 5.78 Å². The van der Waals surface area contributed by atoms with Crippen molar-refractivity contribution in [2.45, 2.75) is 32.9 Å². The van der Waals surface area contributed by atoms with Crippen LogP contribution in [0.2, 0.25) is 0 Å². The molecule has 1 aliphatic heterocycles. The van der Waals surface area contributed by atoms with E-state index in [9.17, 15) is 9.90 Å². The van der Waals surface area contributed by atoms with Gasteiger partial charge >= 0.3 is 0 Å². The number of aliphatic hydroxyl groups excluding tert-OH is 1. The van der Waals surface area contributed by atoms with Crippen molar-refractivity contribution in [3.05, 3.63) is 95.6 Å². The lowest BCUT2D eigenvalue weighted by Gasteiger charge is -2.38. The van der Waals surface area contributed by atoms with Crippen LogP contribution in [-0.4, -0.2) is 29.6 Å². The number of aromatic nitrogens is 1. The first kappa shape index (κ1) is 23.3. The lowest BCUT2D eigenvalue weighted by molar-refractivity contribution is 0.101. The summed E-state index contributed by atoms with van der Waals surface area (Å²) in [7, 11) is 4.22. The third-order valence-electron chi connectivity index (χ3n) is 7.78. The quantitative estimate of drug-likeness (QED) is 0.267. The Balaban J connectivity index is 1.42. The Kier molecular flexibility index (Phi) is 5.54. The summed E-state index contributed by atoms with van der Waals surface area (Å²) in [5.41, 5.74) is 9.84. The number of carbonyl (C=O) groups excluding carboxylic acids is 1. The van der Waals surface area contributed by atoms with Gasteiger partial charge in [-0.15, -0.1) is 0 Å². The molecule has 1 N–H and O–H groups in total. The van der Waals surface area contributed by atoms with Crippen molar-refractivity contribution in [3.63, 3.8) is 0 Å². The van der Waals surface area contributed by atoms with Crippen LogP contribution in [0, 0.1) is 0 Å². The van der Waals surface area contributed by atoms with Crippen LogP contribution in [0.1, 0.15) is 41.4 Å². The van der Waals surface area contributed by atoms with Gasteiger partial charge in [0.25, 0.3) is 0 Å². The standard InChI is InChI=1S/C32H31N3O2/c1-20(36)23-12-14-28-26(18-23)25-9-5-6-10-27(25)35(28)17-16-22-8-7-11-30-32(22)34(4)31-19-24(21(2)37)13-15-29(31)33(30)3/h5-15,18-19,21,37H,16-17H2,1-4H3. The molecule has 1 aliphatic rings. The van der Waals surface area contributed by atoms with Crippen molar-refractivity contribution >= 4 is 50.3 Å². The number of aryl methyl sites for hydroxylation is 2. The van der Waals surface area contributed by atoms with E-state index in [0.717, 1.165) is 46.4 Å². The van der Waals surface area contributed by atoms with Crippen molar-refractivity contribution in [1.29, 1.82) is 0 Å². The molecule has 1 unspecified atom stereocenters. The molecule has 0 aliphatic carbocycles. The molecular weight excluding hydrogens is 458 g/mol. The lowest BCUT2D eigenvalue weighted by Crippen LogP contribution is -2.26. The lowest BCUT2D eigenvalue weighted by atomic mass is 10.00. The number of aliphatic hydroxyl groups is 1. The van der Waals surface area contributed by atoms with Gasteiger partial charge in [-0.05, 0) is 73.9 Å². The molecular formula is C32H31N3O2. The minimum absolute atomic E-state index is 0.0841. The maximum Gasteiger partial charge on any atom is 0.159 e. The van der Waals surface area contributed by atoms with E-state index in [4.69, 9.17) is 0 Å². The first-order valence-corrected chi connectivity index (χ1v) is 12.8. The molecule has 0 bridgehead atoms. The van der Waals surface area contributed by atoms with Crippen molar-refractivity contribution in [2.24, 2.45) is 0 Å². The van der Waals surface area contributed by atoms with Gasteiger partial charge in [-0.2, -0.15) is 0 Å². The van der Waals surface area contributed by atoms with E-state index in [2.05, 4.69) is 89.1 Å². The molecule has 186 valence electrons. The number of anilines is 4. The van der Waals surface area contributed by atoms with Gasteiger partial charge in [0.2, 0.25) is 0 Å². The van der Waals surface area contributed by atoms with E-state index < -0.39 is 6.10 Å². The minimum atomic E-state index is -0.514. The molecule has 5 nitrogen and oxygen atoms in total. The van der Waals surface area contributed by atoms with Crippen LogP contribution < -0.4 is 9.80 Å². The zero-order valence-corrected chi connectivity index (χ0v) is 21.7. The van der Waals surface area contributed by atoms with Crippen LogP contribution in [0.3, 0.4) is 0 Å². The molecule has 37 heavy (non-hydrogen) atoms. The first-order chi connectivity index (χ1) is 17.8. The van der Waals surface area contributed by atoms with Gasteiger partial charge < -0.3 is 19.5 Å². The monoisotopic (exact) mass is 489 g/mol. The number of hydrogen-bond donors (Lipinski definition) is 1. The van der Waals surface area contributed by atoms with Crippen molar-refractivity contribution in [2.75, 3.05) is 23.9 Å². The molecule has 0 fully saturated rings. The van der Waals surface area contributed by atoms with E-state index in [0.29, 0.717) is 0 Å². The molecule has 2 heterocycles. The fourth-order valence-corrected chi connectivity index (χ4v) is 5.79. The van der Waals surface area contributed by atoms with Gasteiger partial charge in [-0.25, -0.2) is 0 Å². The number of rotatable bonds is 5. The number of hydrogen-bond acceptors (Lipinski definition) is 4. The Labute approximate surface area is 217 Å². The minimum Gasteiger partial charge on any atom is -0.389 e. The second kappa shape index (κ2) is 8.79. The van der Waals surface area contributed by atoms with Crippen LogP contribution in [0.4, 0.5) is 22.7 Å². The summed E-state index contributed by atoms with van der Waals surface area (Å²) in [4.78, 5) is 16.6. The summed E-state index contributed by atoms with van der Waals surface area (Å²) in [5, 5.41) is 12.5. The number of benzene rings is 4. The summed E-state index contributed by atoms with van der Waals surface area (Å²) >= 11 is 0. The van der Waals surface area contributed by atoms with Crippen molar-refractivity contribution < 1.29 is 9.90 Å². The molecule has 1 atom stereocenters. The highest BCUT2D eigenvalue weighted by Crippen LogP contribution is 2.48. The van der Waals surface area contributed by atoms with E-state index in [1.54, 1.807) is 13.8 Å². The van der Waals surface area contributed by atoms with Crippen LogP contribution in [0.5, 0.6) is 0 Å². The predicted molar refractivity (Wildman–Crippen MR) is 153 cm³/mol. The molecule has 0 spiro atoms. The summed E-state index contributed by atoms with van der Waals surface area (Å²) in [5.74, 6) is 0.0841. The zero-order chi connectivity index (χ0) is 25.8. The van der Waals surface area contributed by atoms with Crippen molar-refractivity contribution in [1.82, 2.24) is 4.57 Å². The molecule has 4 aromatic carbocycles. The summed E-state index contributed by atoms with van der Waals surface area (Å²) < 4.78 is 2.38. The van der Waals surface area contributed by atoms with Gasteiger partial charge in [-0.1, -0.05) is 36.4 Å². The van der Waals surface area contributed by atoms with Crippen LogP contribution in [-0.2, 0) is 13.0 Å². The Morgan fingerprint density at radius 2 is 1.59 bits per heavy atom. The third kappa shape index (κ3) is 3.69. The largest absolute Gasteiger partial charge is 0.389 e.